The molecule has 1 aromatic rings. The van der Waals surface area contributed by atoms with Crippen LogP contribution < -0.4 is 5.32 Å². The topological polar surface area (TPSA) is 12.0 Å². The molecule has 1 nitrogen and oxygen atoms in total. The first-order valence-corrected chi connectivity index (χ1v) is 8.31. The van der Waals surface area contributed by atoms with Crippen molar-refractivity contribution in [3.8, 4) is 0 Å². The molecule has 1 heteroatoms. The van der Waals surface area contributed by atoms with E-state index in [2.05, 4.69) is 49.5 Å². The minimum atomic E-state index is 0.594. The van der Waals surface area contributed by atoms with Gasteiger partial charge in [-0.05, 0) is 62.6 Å². The third kappa shape index (κ3) is 4.79. The Balaban J connectivity index is 1.94. The lowest BCUT2D eigenvalue weighted by molar-refractivity contribution is 0.504. The predicted molar refractivity (Wildman–Crippen MR) is 88.2 cm³/mol. The van der Waals surface area contributed by atoms with Crippen molar-refractivity contribution in [1.82, 2.24) is 5.32 Å². The molecular formula is C19H29N. The van der Waals surface area contributed by atoms with Crippen molar-refractivity contribution in [2.45, 2.75) is 64.8 Å². The molecule has 1 aromatic carbocycles. The highest BCUT2D eigenvalue weighted by molar-refractivity contribution is 5.23. The molecule has 0 amide bonds. The van der Waals surface area contributed by atoms with E-state index in [0.717, 1.165) is 19.4 Å². The van der Waals surface area contributed by atoms with Crippen molar-refractivity contribution in [2.24, 2.45) is 0 Å². The number of likely N-dealkylation sites (N-methyl/N-ethyl adjacent to an activating group) is 1. The van der Waals surface area contributed by atoms with Crippen LogP contribution in [-0.2, 0) is 12.8 Å². The molecule has 1 aliphatic rings. The van der Waals surface area contributed by atoms with E-state index in [1.807, 2.05) is 0 Å². The molecule has 0 aromatic heterocycles. The smallest absolute Gasteiger partial charge is 0.0144 e. The van der Waals surface area contributed by atoms with E-state index >= 15 is 0 Å². The van der Waals surface area contributed by atoms with Gasteiger partial charge in [0.25, 0.3) is 0 Å². The molecule has 1 N–H and O–H groups in total. The average molecular weight is 271 g/mol. The maximum atomic E-state index is 3.67. The molecule has 1 unspecified atom stereocenters. The van der Waals surface area contributed by atoms with Gasteiger partial charge in [-0.2, -0.15) is 0 Å². The fourth-order valence-electron chi connectivity index (χ4n) is 3.11. The van der Waals surface area contributed by atoms with Gasteiger partial charge in [0.15, 0.2) is 0 Å². The third-order valence-corrected chi connectivity index (χ3v) is 4.30. The molecule has 0 saturated carbocycles. The van der Waals surface area contributed by atoms with E-state index in [1.54, 1.807) is 5.57 Å². The van der Waals surface area contributed by atoms with E-state index in [1.165, 1.54) is 43.2 Å². The minimum Gasteiger partial charge on any atom is -0.314 e. The molecule has 0 aliphatic heterocycles. The van der Waals surface area contributed by atoms with Crippen molar-refractivity contribution < 1.29 is 0 Å². The number of benzene rings is 1. The Bertz CT molecular complexity index is 416. The Morgan fingerprint density at radius 1 is 1.00 bits per heavy atom. The SMILES string of the molecule is CCNC(CC1=CCCCC1)Cc1ccc(CC)cc1. The standard InChI is InChI=1S/C19H29N/c1-3-16-10-12-18(13-11-16)15-19(20-4-2)14-17-8-6-5-7-9-17/h8,10-13,19-20H,3-7,9,14-15H2,1-2H3. The first-order chi connectivity index (χ1) is 9.81. The van der Waals surface area contributed by atoms with Crippen LogP contribution in [-0.4, -0.2) is 12.6 Å². The maximum Gasteiger partial charge on any atom is 0.0144 e. The van der Waals surface area contributed by atoms with Crippen LogP contribution in [0.5, 0.6) is 0 Å². The van der Waals surface area contributed by atoms with E-state index in [0.29, 0.717) is 6.04 Å². The highest BCUT2D eigenvalue weighted by atomic mass is 14.9. The third-order valence-electron chi connectivity index (χ3n) is 4.30. The molecule has 20 heavy (non-hydrogen) atoms. The van der Waals surface area contributed by atoms with Gasteiger partial charge < -0.3 is 5.32 Å². The number of rotatable bonds is 7. The normalized spacial score (nSPS) is 16.8. The van der Waals surface area contributed by atoms with Crippen LogP contribution in [0.3, 0.4) is 0 Å². The van der Waals surface area contributed by atoms with Crippen LogP contribution in [0.1, 0.15) is 57.1 Å². The van der Waals surface area contributed by atoms with Gasteiger partial charge in [0.1, 0.15) is 0 Å². The summed E-state index contributed by atoms with van der Waals surface area (Å²) < 4.78 is 0. The summed E-state index contributed by atoms with van der Waals surface area (Å²) in [7, 11) is 0. The fourth-order valence-corrected chi connectivity index (χ4v) is 3.11. The van der Waals surface area contributed by atoms with Crippen LogP contribution >= 0.6 is 0 Å². The van der Waals surface area contributed by atoms with Gasteiger partial charge in [0.05, 0.1) is 0 Å². The molecule has 110 valence electrons. The van der Waals surface area contributed by atoms with E-state index in [9.17, 15) is 0 Å². The van der Waals surface area contributed by atoms with Gasteiger partial charge >= 0.3 is 0 Å². The largest absolute Gasteiger partial charge is 0.314 e. The highest BCUT2D eigenvalue weighted by Gasteiger charge is 2.12. The molecule has 0 spiro atoms. The molecule has 0 saturated heterocycles. The van der Waals surface area contributed by atoms with E-state index in [-0.39, 0.29) is 0 Å². The summed E-state index contributed by atoms with van der Waals surface area (Å²) >= 11 is 0. The zero-order valence-electron chi connectivity index (χ0n) is 13.1. The van der Waals surface area contributed by atoms with Crippen molar-refractivity contribution in [1.29, 1.82) is 0 Å². The monoisotopic (exact) mass is 271 g/mol. The Morgan fingerprint density at radius 3 is 2.35 bits per heavy atom. The molecule has 0 fully saturated rings. The number of allylic oxidation sites excluding steroid dienone is 1. The second-order valence-electron chi connectivity index (χ2n) is 5.94. The summed E-state index contributed by atoms with van der Waals surface area (Å²) in [5.41, 5.74) is 4.57. The molecule has 1 atom stereocenters. The van der Waals surface area contributed by atoms with Crippen LogP contribution in [0.15, 0.2) is 35.9 Å². The Hall–Kier alpha value is -1.08. The molecule has 2 rings (SSSR count). The zero-order valence-corrected chi connectivity index (χ0v) is 13.1. The lowest BCUT2D eigenvalue weighted by Crippen LogP contribution is -2.31. The Morgan fingerprint density at radius 2 is 1.75 bits per heavy atom. The summed E-state index contributed by atoms with van der Waals surface area (Å²) in [5, 5.41) is 3.67. The minimum absolute atomic E-state index is 0.594. The lowest BCUT2D eigenvalue weighted by Gasteiger charge is -2.22. The molecule has 1 aliphatic carbocycles. The van der Waals surface area contributed by atoms with Crippen molar-refractivity contribution in [2.75, 3.05) is 6.54 Å². The van der Waals surface area contributed by atoms with Gasteiger partial charge in [-0.3, -0.25) is 0 Å². The number of hydrogen-bond donors (Lipinski definition) is 1. The van der Waals surface area contributed by atoms with E-state index in [4.69, 9.17) is 0 Å². The van der Waals surface area contributed by atoms with Crippen LogP contribution in [0.4, 0.5) is 0 Å². The second-order valence-corrected chi connectivity index (χ2v) is 5.94. The van der Waals surface area contributed by atoms with E-state index < -0.39 is 0 Å². The van der Waals surface area contributed by atoms with Crippen molar-refractivity contribution in [3.05, 3.63) is 47.0 Å². The summed E-state index contributed by atoms with van der Waals surface area (Å²) in [6, 6.07) is 9.75. The first-order valence-electron chi connectivity index (χ1n) is 8.31. The number of aryl methyl sites for hydroxylation is 1. The summed E-state index contributed by atoms with van der Waals surface area (Å²) in [6.07, 6.45) is 11.4. The Kier molecular flexibility index (Phi) is 6.32. The van der Waals surface area contributed by atoms with Gasteiger partial charge in [0.2, 0.25) is 0 Å². The fraction of sp³-hybridized carbons (Fsp3) is 0.579. The molecule has 0 heterocycles. The van der Waals surface area contributed by atoms with Crippen LogP contribution in [0.2, 0.25) is 0 Å². The molecule has 0 radical (unpaired) electrons. The first kappa shape index (κ1) is 15.3. The maximum absolute atomic E-state index is 3.67. The van der Waals surface area contributed by atoms with Crippen molar-refractivity contribution >= 4 is 0 Å². The number of nitrogens with one attached hydrogen (secondary N) is 1. The van der Waals surface area contributed by atoms with Gasteiger partial charge in [0, 0.05) is 6.04 Å². The summed E-state index contributed by atoms with van der Waals surface area (Å²) in [4.78, 5) is 0. The zero-order chi connectivity index (χ0) is 14.2. The number of hydrogen-bond acceptors (Lipinski definition) is 1. The quantitative estimate of drug-likeness (QED) is 0.711. The Labute approximate surface area is 124 Å². The van der Waals surface area contributed by atoms with Crippen LogP contribution in [0.25, 0.3) is 0 Å². The lowest BCUT2D eigenvalue weighted by atomic mass is 9.91. The average Bonchev–Trinajstić information content (AvgIpc) is 2.49. The van der Waals surface area contributed by atoms with Gasteiger partial charge in [-0.1, -0.05) is 49.8 Å². The van der Waals surface area contributed by atoms with Crippen LogP contribution in [0, 0.1) is 0 Å². The predicted octanol–water partition coefficient (Wildman–Crippen LogP) is 4.66. The van der Waals surface area contributed by atoms with Gasteiger partial charge in [-0.15, -0.1) is 0 Å². The highest BCUT2D eigenvalue weighted by Crippen LogP contribution is 2.22. The molecular weight excluding hydrogens is 242 g/mol. The van der Waals surface area contributed by atoms with Gasteiger partial charge in [-0.25, -0.2) is 0 Å². The summed E-state index contributed by atoms with van der Waals surface area (Å²) in [6.45, 7) is 5.49. The summed E-state index contributed by atoms with van der Waals surface area (Å²) in [5.74, 6) is 0. The van der Waals surface area contributed by atoms with Crippen molar-refractivity contribution in [3.63, 3.8) is 0 Å². The second kappa shape index (κ2) is 8.26. The molecule has 0 bridgehead atoms.